The Morgan fingerprint density at radius 3 is 2.28 bits per heavy atom. The minimum Gasteiger partial charge on any atom is -0.508 e. The van der Waals surface area contributed by atoms with E-state index in [4.69, 9.17) is 16.3 Å². The highest BCUT2D eigenvalue weighted by molar-refractivity contribution is 6.30. The molecule has 3 aromatic carbocycles. The van der Waals surface area contributed by atoms with E-state index in [2.05, 4.69) is 0 Å². The molecule has 0 fully saturated rings. The number of ketones is 1. The van der Waals surface area contributed by atoms with Gasteiger partial charge in [0, 0.05) is 11.1 Å². The lowest BCUT2D eigenvalue weighted by atomic mass is 10.1. The van der Waals surface area contributed by atoms with Crippen LogP contribution in [-0.2, 0) is 0 Å². The first kappa shape index (κ1) is 20.0. The van der Waals surface area contributed by atoms with Crippen LogP contribution in [0, 0.1) is 0 Å². The Morgan fingerprint density at radius 2 is 1.59 bits per heavy atom. The summed E-state index contributed by atoms with van der Waals surface area (Å²) in [5, 5.41) is 29.0. The minimum absolute atomic E-state index is 0.0596. The third-order valence-electron chi connectivity index (χ3n) is 3.94. The van der Waals surface area contributed by atoms with Gasteiger partial charge in [0.05, 0.1) is 11.1 Å². The van der Waals surface area contributed by atoms with Crippen molar-refractivity contribution in [3.8, 4) is 23.0 Å². The van der Waals surface area contributed by atoms with Crippen LogP contribution in [0.25, 0.3) is 6.08 Å². The van der Waals surface area contributed by atoms with Crippen molar-refractivity contribution in [1.82, 2.24) is 0 Å². The highest BCUT2D eigenvalue weighted by Gasteiger charge is 2.16. The molecule has 29 heavy (non-hydrogen) atoms. The molecule has 0 bridgehead atoms. The van der Waals surface area contributed by atoms with Crippen LogP contribution in [0.4, 0.5) is 0 Å². The maximum Gasteiger partial charge on any atom is 0.343 e. The Hall–Kier alpha value is -3.77. The second-order valence-electron chi connectivity index (χ2n) is 6.02. The summed E-state index contributed by atoms with van der Waals surface area (Å²) >= 11 is 5.80. The van der Waals surface area contributed by atoms with Gasteiger partial charge in [0.25, 0.3) is 0 Å². The van der Waals surface area contributed by atoms with Crippen LogP contribution in [0.15, 0.2) is 66.7 Å². The zero-order chi connectivity index (χ0) is 21.0. The van der Waals surface area contributed by atoms with Gasteiger partial charge in [-0.15, -0.1) is 0 Å². The number of phenols is 3. The average molecular weight is 411 g/mol. The van der Waals surface area contributed by atoms with Gasteiger partial charge in [0.2, 0.25) is 0 Å². The summed E-state index contributed by atoms with van der Waals surface area (Å²) in [6.07, 6.45) is 2.65. The molecule has 0 radical (unpaired) electrons. The first-order valence-corrected chi connectivity index (χ1v) is 8.76. The smallest absolute Gasteiger partial charge is 0.343 e. The van der Waals surface area contributed by atoms with E-state index >= 15 is 0 Å². The van der Waals surface area contributed by atoms with Crippen molar-refractivity contribution >= 4 is 29.4 Å². The number of aromatic hydroxyl groups is 3. The number of ether oxygens (including phenoxy) is 1. The lowest BCUT2D eigenvalue weighted by molar-refractivity contribution is 0.0733. The molecule has 0 aromatic heterocycles. The SMILES string of the molecule is O=C(Oc1cc(O)ccc1C(=O)C=Cc1ccc(O)c(O)c1)c1ccc(Cl)cc1. The molecule has 0 heterocycles. The summed E-state index contributed by atoms with van der Waals surface area (Å²) in [4.78, 5) is 24.9. The van der Waals surface area contributed by atoms with E-state index in [0.717, 1.165) is 0 Å². The van der Waals surface area contributed by atoms with Crippen LogP contribution in [0.5, 0.6) is 23.0 Å². The number of hydrogen-bond acceptors (Lipinski definition) is 6. The largest absolute Gasteiger partial charge is 0.508 e. The number of halogens is 1. The summed E-state index contributed by atoms with van der Waals surface area (Å²) in [7, 11) is 0. The zero-order valence-corrected chi connectivity index (χ0v) is 15.6. The second kappa shape index (κ2) is 8.50. The first-order chi connectivity index (χ1) is 13.8. The molecule has 0 amide bonds. The van der Waals surface area contributed by atoms with Gasteiger partial charge in [-0.25, -0.2) is 4.79 Å². The Labute approximate surface area is 170 Å². The predicted molar refractivity (Wildman–Crippen MR) is 108 cm³/mol. The van der Waals surface area contributed by atoms with Crippen LogP contribution in [-0.4, -0.2) is 27.1 Å². The summed E-state index contributed by atoms with van der Waals surface area (Å²) in [6.45, 7) is 0. The molecule has 0 spiro atoms. The fourth-order valence-corrected chi connectivity index (χ4v) is 2.58. The zero-order valence-electron chi connectivity index (χ0n) is 14.9. The third-order valence-corrected chi connectivity index (χ3v) is 4.19. The Balaban J connectivity index is 1.84. The highest BCUT2D eigenvalue weighted by atomic mass is 35.5. The van der Waals surface area contributed by atoms with Crippen LogP contribution < -0.4 is 4.74 Å². The molecular weight excluding hydrogens is 396 g/mol. The van der Waals surface area contributed by atoms with Crippen LogP contribution in [0.1, 0.15) is 26.3 Å². The van der Waals surface area contributed by atoms with Crippen molar-refractivity contribution in [2.24, 2.45) is 0 Å². The van der Waals surface area contributed by atoms with Crippen LogP contribution in [0.2, 0.25) is 5.02 Å². The number of phenolic OH excluding ortho intramolecular Hbond substituents is 3. The predicted octanol–water partition coefficient (Wildman–Crippen LogP) is 4.57. The number of carbonyl (C=O) groups is 2. The van der Waals surface area contributed by atoms with Crippen molar-refractivity contribution in [3.05, 3.63) is 88.5 Å². The first-order valence-electron chi connectivity index (χ1n) is 8.38. The van der Waals surface area contributed by atoms with E-state index in [0.29, 0.717) is 10.6 Å². The maximum absolute atomic E-state index is 12.6. The van der Waals surface area contributed by atoms with Gasteiger partial charge in [0.1, 0.15) is 11.5 Å². The summed E-state index contributed by atoms with van der Waals surface area (Å²) in [5.41, 5.74) is 0.766. The van der Waals surface area contributed by atoms with Gasteiger partial charge in [-0.05, 0) is 60.2 Å². The number of benzene rings is 3. The molecule has 0 aliphatic rings. The average Bonchev–Trinajstić information content (AvgIpc) is 2.69. The van der Waals surface area contributed by atoms with Gasteiger partial charge < -0.3 is 20.1 Å². The fourth-order valence-electron chi connectivity index (χ4n) is 2.45. The van der Waals surface area contributed by atoms with Gasteiger partial charge >= 0.3 is 5.97 Å². The maximum atomic E-state index is 12.6. The van der Waals surface area contributed by atoms with Crippen molar-refractivity contribution in [3.63, 3.8) is 0 Å². The quantitative estimate of drug-likeness (QED) is 0.187. The van der Waals surface area contributed by atoms with Crippen molar-refractivity contribution in [1.29, 1.82) is 0 Å². The van der Waals surface area contributed by atoms with Gasteiger partial charge in [-0.1, -0.05) is 23.7 Å². The van der Waals surface area contributed by atoms with Gasteiger partial charge in [-0.3, -0.25) is 4.79 Å². The lowest BCUT2D eigenvalue weighted by Crippen LogP contribution is -2.11. The molecule has 0 saturated carbocycles. The van der Waals surface area contributed by atoms with Crippen molar-refractivity contribution in [2.75, 3.05) is 0 Å². The summed E-state index contributed by atoms with van der Waals surface area (Å²) in [6, 6.07) is 13.9. The fraction of sp³-hybridized carbons (Fsp3) is 0. The molecule has 0 aliphatic carbocycles. The number of carbonyl (C=O) groups excluding carboxylic acids is 2. The topological polar surface area (TPSA) is 104 Å². The standard InChI is InChI=1S/C22H15ClO6/c23-15-5-3-14(4-6-15)22(28)29-21-12-16(24)7-8-17(21)18(25)9-1-13-2-10-19(26)20(27)11-13/h1-12,24,26-27H. The van der Waals surface area contributed by atoms with E-state index in [1.54, 1.807) is 0 Å². The van der Waals surface area contributed by atoms with E-state index in [1.165, 1.54) is 72.8 Å². The van der Waals surface area contributed by atoms with Crippen molar-refractivity contribution in [2.45, 2.75) is 0 Å². The number of esters is 1. The van der Waals surface area contributed by atoms with Gasteiger partial charge in [0.15, 0.2) is 17.3 Å². The molecule has 0 unspecified atom stereocenters. The Kier molecular flexibility index (Phi) is 5.85. The molecule has 0 atom stereocenters. The van der Waals surface area contributed by atoms with E-state index in [9.17, 15) is 24.9 Å². The lowest BCUT2D eigenvalue weighted by Gasteiger charge is -2.09. The molecule has 0 saturated heterocycles. The second-order valence-corrected chi connectivity index (χ2v) is 6.46. The van der Waals surface area contributed by atoms with Crippen LogP contribution in [0.3, 0.4) is 0 Å². The molecule has 3 rings (SSSR count). The highest BCUT2D eigenvalue weighted by Crippen LogP contribution is 2.28. The number of allylic oxidation sites excluding steroid dienone is 1. The normalized spacial score (nSPS) is 10.8. The summed E-state index contributed by atoms with van der Waals surface area (Å²) < 4.78 is 5.29. The van der Waals surface area contributed by atoms with Gasteiger partial charge in [-0.2, -0.15) is 0 Å². The molecular formula is C22H15ClO6. The third kappa shape index (κ3) is 4.94. The number of hydrogen-bond donors (Lipinski definition) is 3. The Morgan fingerprint density at radius 1 is 0.862 bits per heavy atom. The van der Waals surface area contributed by atoms with Crippen LogP contribution >= 0.6 is 11.6 Å². The molecule has 146 valence electrons. The molecule has 3 aromatic rings. The molecule has 6 nitrogen and oxygen atoms in total. The van der Waals surface area contributed by atoms with E-state index in [-0.39, 0.29) is 34.1 Å². The molecule has 7 heteroatoms. The van der Waals surface area contributed by atoms with Crippen molar-refractivity contribution < 1.29 is 29.6 Å². The summed E-state index contributed by atoms with van der Waals surface area (Å²) in [5.74, 6) is -2.07. The number of rotatable bonds is 5. The monoisotopic (exact) mass is 410 g/mol. The molecule has 3 N–H and O–H groups in total. The minimum atomic E-state index is -0.714. The molecule has 0 aliphatic heterocycles. The Bertz CT molecular complexity index is 1100. The van der Waals surface area contributed by atoms with E-state index in [1.807, 2.05) is 0 Å². The van der Waals surface area contributed by atoms with E-state index < -0.39 is 11.8 Å².